The first-order valence-electron chi connectivity index (χ1n) is 11.4. The maximum Gasteiger partial charge on any atom is 0.306 e. The zero-order chi connectivity index (χ0) is 21.7. The minimum absolute atomic E-state index is 0.0319. The third kappa shape index (κ3) is 5.03. The van der Waals surface area contributed by atoms with E-state index in [1.54, 1.807) is 0 Å². The molecule has 4 heteroatoms. The fourth-order valence-corrected chi connectivity index (χ4v) is 4.51. The van der Waals surface area contributed by atoms with Crippen LogP contribution in [0.25, 0.3) is 0 Å². The average Bonchev–Trinajstić information content (AvgIpc) is 2.72. The number of carbonyl (C=O) groups excluding carboxylic acids is 1. The van der Waals surface area contributed by atoms with Gasteiger partial charge in [-0.3, -0.25) is 9.63 Å². The van der Waals surface area contributed by atoms with Crippen molar-refractivity contribution in [3.8, 4) is 0 Å². The summed E-state index contributed by atoms with van der Waals surface area (Å²) in [5.74, 6) is -0.0646. The summed E-state index contributed by atoms with van der Waals surface area (Å²) in [6.07, 6.45) is 4.94. The minimum atomic E-state index is -0.245. The Labute approximate surface area is 177 Å². The third-order valence-corrected chi connectivity index (χ3v) is 7.21. The zero-order valence-corrected chi connectivity index (χ0v) is 19.5. The Morgan fingerprint density at radius 1 is 1.17 bits per heavy atom. The number of nitrogens with zero attached hydrogens (tertiary/aromatic N) is 1. The van der Waals surface area contributed by atoms with Gasteiger partial charge in [-0.2, -0.15) is 5.06 Å². The van der Waals surface area contributed by atoms with Crippen molar-refractivity contribution in [3.63, 3.8) is 0 Å². The van der Waals surface area contributed by atoms with E-state index >= 15 is 0 Å². The minimum Gasteiger partial charge on any atom is -0.462 e. The second-order valence-electron chi connectivity index (χ2n) is 9.21. The van der Waals surface area contributed by atoms with E-state index in [-0.39, 0.29) is 35.2 Å². The van der Waals surface area contributed by atoms with Crippen molar-refractivity contribution in [1.82, 2.24) is 5.06 Å². The van der Waals surface area contributed by atoms with Gasteiger partial charge in [0.15, 0.2) is 0 Å². The average molecular weight is 404 g/mol. The Morgan fingerprint density at radius 2 is 1.83 bits per heavy atom. The van der Waals surface area contributed by atoms with Crippen LogP contribution in [0, 0.1) is 5.41 Å². The van der Waals surface area contributed by atoms with E-state index in [0.29, 0.717) is 6.42 Å². The summed E-state index contributed by atoms with van der Waals surface area (Å²) >= 11 is 0. The van der Waals surface area contributed by atoms with Gasteiger partial charge in [0, 0.05) is 24.3 Å². The van der Waals surface area contributed by atoms with E-state index in [0.717, 1.165) is 32.1 Å². The highest BCUT2D eigenvalue weighted by Gasteiger charge is 2.57. The van der Waals surface area contributed by atoms with Crippen LogP contribution in [0.3, 0.4) is 0 Å². The Balaban J connectivity index is 2.27. The van der Waals surface area contributed by atoms with E-state index in [4.69, 9.17) is 9.57 Å². The molecule has 1 heterocycles. The molecule has 4 atom stereocenters. The number of hydroxylamine groups is 2. The molecule has 4 unspecified atom stereocenters. The van der Waals surface area contributed by atoms with E-state index in [9.17, 15) is 4.79 Å². The lowest BCUT2D eigenvalue weighted by atomic mass is 9.63. The van der Waals surface area contributed by atoms with Gasteiger partial charge in [-0.15, -0.1) is 0 Å². The summed E-state index contributed by atoms with van der Waals surface area (Å²) in [5, 5.41) is 2.24. The summed E-state index contributed by atoms with van der Waals surface area (Å²) in [4.78, 5) is 19.1. The van der Waals surface area contributed by atoms with Crippen LogP contribution in [0.2, 0.25) is 0 Å². The Hall–Kier alpha value is -1.39. The van der Waals surface area contributed by atoms with E-state index < -0.39 is 0 Å². The van der Waals surface area contributed by atoms with Crippen molar-refractivity contribution in [1.29, 1.82) is 0 Å². The van der Waals surface area contributed by atoms with Crippen LogP contribution >= 0.6 is 0 Å². The van der Waals surface area contributed by atoms with Gasteiger partial charge in [-0.1, -0.05) is 71.4 Å². The number of hydrogen-bond donors (Lipinski definition) is 0. The number of rotatable bonds is 9. The summed E-state index contributed by atoms with van der Waals surface area (Å²) in [6.45, 7) is 15.3. The monoisotopic (exact) mass is 403 g/mol. The van der Waals surface area contributed by atoms with Gasteiger partial charge in [0.2, 0.25) is 0 Å². The first kappa shape index (κ1) is 23.9. The SMILES string of the molecule is CCCCC(=O)OC1CC(CC)N(OC(C)c2ccccc2)C(C)(CC)C1(C)C. The smallest absolute Gasteiger partial charge is 0.306 e. The Bertz CT molecular complexity index is 645. The molecular formula is C25H41NO3. The number of carbonyl (C=O) groups is 1. The molecule has 0 aromatic heterocycles. The predicted molar refractivity (Wildman–Crippen MR) is 118 cm³/mol. The Kier molecular flexibility index (Phi) is 8.30. The molecule has 0 amide bonds. The summed E-state index contributed by atoms with van der Waals surface area (Å²) in [6, 6.07) is 10.6. The van der Waals surface area contributed by atoms with Crippen molar-refractivity contribution in [2.24, 2.45) is 5.41 Å². The number of piperidine rings is 1. The van der Waals surface area contributed by atoms with Gasteiger partial charge in [0.05, 0.1) is 5.54 Å². The summed E-state index contributed by atoms with van der Waals surface area (Å²) in [7, 11) is 0. The normalized spacial score (nSPS) is 28.1. The van der Waals surface area contributed by atoms with Crippen molar-refractivity contribution < 1.29 is 14.4 Å². The molecule has 164 valence electrons. The Morgan fingerprint density at radius 3 is 2.38 bits per heavy atom. The lowest BCUT2D eigenvalue weighted by Gasteiger charge is -2.60. The van der Waals surface area contributed by atoms with E-state index in [1.807, 2.05) is 6.07 Å². The van der Waals surface area contributed by atoms with Gasteiger partial charge >= 0.3 is 5.97 Å². The van der Waals surface area contributed by atoms with Crippen molar-refractivity contribution in [2.45, 2.75) is 111 Å². The van der Waals surface area contributed by atoms with E-state index in [2.05, 4.69) is 77.8 Å². The molecule has 0 bridgehead atoms. The molecule has 1 aliphatic rings. The first-order chi connectivity index (χ1) is 13.7. The van der Waals surface area contributed by atoms with Crippen LogP contribution in [-0.2, 0) is 14.4 Å². The standard InChI is InChI=1S/C25H41NO3/c1-8-11-17-23(27)28-22-18-21(9-2)26(25(7,10-3)24(22,5)6)29-19(4)20-15-13-12-14-16-20/h12-16,19,21-22H,8-11,17-18H2,1-7H3. The van der Waals surface area contributed by atoms with Gasteiger partial charge < -0.3 is 4.74 Å². The van der Waals surface area contributed by atoms with Gasteiger partial charge in [-0.25, -0.2) is 0 Å². The molecule has 1 saturated heterocycles. The molecule has 0 spiro atoms. The largest absolute Gasteiger partial charge is 0.462 e. The highest BCUT2D eigenvalue weighted by Crippen LogP contribution is 2.50. The number of benzene rings is 1. The van der Waals surface area contributed by atoms with Gasteiger partial charge in [0.1, 0.15) is 12.2 Å². The fourth-order valence-electron chi connectivity index (χ4n) is 4.51. The number of ether oxygens (including phenoxy) is 1. The quantitative estimate of drug-likeness (QED) is 0.444. The van der Waals surface area contributed by atoms with Crippen molar-refractivity contribution in [2.75, 3.05) is 0 Å². The maximum absolute atomic E-state index is 12.4. The predicted octanol–water partition coefficient (Wildman–Crippen LogP) is 6.46. The molecular weight excluding hydrogens is 362 g/mol. The van der Waals surface area contributed by atoms with Crippen LogP contribution < -0.4 is 0 Å². The molecule has 0 saturated carbocycles. The maximum atomic E-state index is 12.4. The number of esters is 1. The molecule has 1 aromatic carbocycles. The molecule has 0 aliphatic carbocycles. The topological polar surface area (TPSA) is 38.8 Å². The number of unbranched alkanes of at least 4 members (excludes halogenated alkanes) is 1. The zero-order valence-electron chi connectivity index (χ0n) is 19.5. The third-order valence-electron chi connectivity index (χ3n) is 7.21. The second kappa shape index (κ2) is 10.1. The van der Waals surface area contributed by atoms with Crippen molar-refractivity contribution in [3.05, 3.63) is 35.9 Å². The van der Waals surface area contributed by atoms with Gasteiger partial charge in [0.25, 0.3) is 0 Å². The van der Waals surface area contributed by atoms with E-state index in [1.165, 1.54) is 5.56 Å². The second-order valence-corrected chi connectivity index (χ2v) is 9.21. The molecule has 1 fully saturated rings. The molecule has 1 aliphatic heterocycles. The highest BCUT2D eigenvalue weighted by molar-refractivity contribution is 5.69. The highest BCUT2D eigenvalue weighted by atomic mass is 16.7. The molecule has 29 heavy (non-hydrogen) atoms. The lowest BCUT2D eigenvalue weighted by molar-refractivity contribution is -0.327. The molecule has 0 N–H and O–H groups in total. The lowest BCUT2D eigenvalue weighted by Crippen LogP contribution is -2.68. The summed E-state index contributed by atoms with van der Waals surface area (Å²) < 4.78 is 6.05. The van der Waals surface area contributed by atoms with Crippen LogP contribution in [0.4, 0.5) is 0 Å². The molecule has 0 radical (unpaired) electrons. The van der Waals surface area contributed by atoms with Crippen molar-refractivity contribution >= 4 is 5.97 Å². The van der Waals surface area contributed by atoms with Gasteiger partial charge in [-0.05, 0) is 38.7 Å². The molecule has 4 nitrogen and oxygen atoms in total. The van der Waals surface area contributed by atoms with Crippen LogP contribution in [-0.4, -0.2) is 28.7 Å². The van der Waals surface area contributed by atoms with Crippen LogP contribution in [0.1, 0.15) is 98.7 Å². The number of hydrogen-bond acceptors (Lipinski definition) is 4. The van der Waals surface area contributed by atoms with Crippen LogP contribution in [0.5, 0.6) is 0 Å². The van der Waals surface area contributed by atoms with Crippen LogP contribution in [0.15, 0.2) is 30.3 Å². The summed E-state index contributed by atoms with van der Waals surface area (Å²) in [5.41, 5.74) is 0.697. The molecule has 1 aromatic rings. The molecule has 2 rings (SSSR count). The fraction of sp³-hybridized carbons (Fsp3) is 0.720. The first-order valence-corrected chi connectivity index (χ1v) is 11.4.